The topological polar surface area (TPSA) is 81.9 Å². The molecule has 0 N–H and O–H groups in total. The Bertz CT molecular complexity index is 898. The van der Waals surface area contributed by atoms with Crippen molar-refractivity contribution in [3.63, 3.8) is 0 Å². The number of rotatable bonds is 5. The van der Waals surface area contributed by atoms with Crippen molar-refractivity contribution in [2.45, 2.75) is 18.9 Å². The van der Waals surface area contributed by atoms with Gasteiger partial charge in [0.2, 0.25) is 0 Å². The molecular formula is C19H18F2N2O5. The summed E-state index contributed by atoms with van der Waals surface area (Å²) in [5.41, 5.74) is -0.0719. The Balaban J connectivity index is 1.63. The van der Waals surface area contributed by atoms with Crippen LogP contribution in [0.25, 0.3) is 0 Å². The molecule has 1 aliphatic heterocycles. The third-order valence-electron chi connectivity index (χ3n) is 4.55. The SMILES string of the molecule is COc1ccc(C(=O)N2CCC(Oc3ccc(F)c(F)c3)CC2)cc1[N+](=O)[O-]. The summed E-state index contributed by atoms with van der Waals surface area (Å²) >= 11 is 0. The van der Waals surface area contributed by atoms with Crippen LogP contribution in [0.1, 0.15) is 23.2 Å². The molecule has 1 amide bonds. The minimum atomic E-state index is -0.980. The number of hydrogen-bond acceptors (Lipinski definition) is 5. The van der Waals surface area contributed by atoms with Crippen molar-refractivity contribution in [3.05, 3.63) is 63.7 Å². The predicted octanol–water partition coefficient (Wildman–Crippen LogP) is 3.57. The van der Waals surface area contributed by atoms with E-state index >= 15 is 0 Å². The van der Waals surface area contributed by atoms with Crippen LogP contribution in [0.4, 0.5) is 14.5 Å². The largest absolute Gasteiger partial charge is 0.490 e. The summed E-state index contributed by atoms with van der Waals surface area (Å²) in [6.45, 7) is 0.764. The molecule has 0 aliphatic carbocycles. The van der Waals surface area contributed by atoms with E-state index in [1.165, 1.54) is 31.4 Å². The lowest BCUT2D eigenvalue weighted by Gasteiger charge is -2.32. The number of halogens is 2. The minimum Gasteiger partial charge on any atom is -0.490 e. The number of piperidine rings is 1. The van der Waals surface area contributed by atoms with Gasteiger partial charge in [-0.3, -0.25) is 14.9 Å². The highest BCUT2D eigenvalue weighted by Crippen LogP contribution is 2.29. The molecule has 7 nitrogen and oxygen atoms in total. The number of nitro groups is 1. The molecule has 148 valence electrons. The molecule has 3 rings (SSSR count). The van der Waals surface area contributed by atoms with Crippen molar-refractivity contribution in [3.8, 4) is 11.5 Å². The van der Waals surface area contributed by atoms with Crippen molar-refractivity contribution in [1.29, 1.82) is 0 Å². The van der Waals surface area contributed by atoms with Gasteiger partial charge in [0.15, 0.2) is 17.4 Å². The normalized spacial score (nSPS) is 14.6. The van der Waals surface area contributed by atoms with Crippen LogP contribution < -0.4 is 9.47 Å². The number of hydrogen-bond donors (Lipinski definition) is 0. The molecule has 0 spiro atoms. The van der Waals surface area contributed by atoms with Gasteiger partial charge in [-0.15, -0.1) is 0 Å². The monoisotopic (exact) mass is 392 g/mol. The summed E-state index contributed by atoms with van der Waals surface area (Å²) in [4.78, 5) is 24.8. The Morgan fingerprint density at radius 1 is 1.14 bits per heavy atom. The maximum Gasteiger partial charge on any atom is 0.311 e. The molecule has 0 unspecified atom stereocenters. The van der Waals surface area contributed by atoms with Crippen LogP contribution >= 0.6 is 0 Å². The number of ether oxygens (including phenoxy) is 2. The van der Waals surface area contributed by atoms with E-state index in [0.717, 1.165) is 12.1 Å². The second kappa shape index (κ2) is 8.20. The summed E-state index contributed by atoms with van der Waals surface area (Å²) in [5.74, 6) is -1.93. The van der Waals surface area contributed by atoms with E-state index in [-0.39, 0.29) is 34.8 Å². The fourth-order valence-electron chi connectivity index (χ4n) is 3.07. The molecule has 0 radical (unpaired) electrons. The van der Waals surface area contributed by atoms with Crippen molar-refractivity contribution in [1.82, 2.24) is 4.90 Å². The van der Waals surface area contributed by atoms with Crippen molar-refractivity contribution < 1.29 is 28.0 Å². The molecule has 0 bridgehead atoms. The van der Waals surface area contributed by atoms with E-state index in [1.807, 2.05) is 0 Å². The third-order valence-corrected chi connectivity index (χ3v) is 4.55. The van der Waals surface area contributed by atoms with Crippen LogP contribution in [0, 0.1) is 21.7 Å². The summed E-state index contributed by atoms with van der Waals surface area (Å²) in [5, 5.41) is 11.1. The Morgan fingerprint density at radius 2 is 1.86 bits per heavy atom. The van der Waals surface area contributed by atoms with Gasteiger partial charge < -0.3 is 14.4 Å². The molecule has 28 heavy (non-hydrogen) atoms. The molecule has 2 aromatic carbocycles. The van der Waals surface area contributed by atoms with Gasteiger partial charge in [0.05, 0.1) is 12.0 Å². The number of likely N-dealkylation sites (tertiary alicyclic amines) is 1. The van der Waals surface area contributed by atoms with Gasteiger partial charge in [-0.2, -0.15) is 0 Å². The fraction of sp³-hybridized carbons (Fsp3) is 0.316. The van der Waals surface area contributed by atoms with Gasteiger partial charge in [0.1, 0.15) is 11.9 Å². The van der Waals surface area contributed by atoms with Gasteiger partial charge in [0.25, 0.3) is 5.91 Å². The standard InChI is InChI=1S/C19H18F2N2O5/c1-27-18-5-2-12(10-17(18)23(25)26)19(24)22-8-6-13(7-9-22)28-14-3-4-15(20)16(21)11-14/h2-5,10-11,13H,6-9H2,1H3. The van der Waals surface area contributed by atoms with Crippen LogP contribution in [-0.4, -0.2) is 42.0 Å². The second-order valence-electron chi connectivity index (χ2n) is 6.33. The van der Waals surface area contributed by atoms with Gasteiger partial charge in [0, 0.05) is 43.6 Å². The number of carbonyl (C=O) groups is 1. The summed E-state index contributed by atoms with van der Waals surface area (Å²) in [6.07, 6.45) is 0.769. The predicted molar refractivity (Wildman–Crippen MR) is 95.6 cm³/mol. The Morgan fingerprint density at radius 3 is 2.46 bits per heavy atom. The van der Waals surface area contributed by atoms with Crippen LogP contribution in [0.15, 0.2) is 36.4 Å². The molecule has 1 saturated heterocycles. The Hall–Kier alpha value is -3.23. The van der Waals surface area contributed by atoms with Gasteiger partial charge in [-0.05, 0) is 24.3 Å². The maximum absolute atomic E-state index is 13.3. The average Bonchev–Trinajstić information content (AvgIpc) is 2.70. The number of nitrogens with zero attached hydrogens (tertiary/aromatic N) is 2. The van der Waals surface area contributed by atoms with Crippen molar-refractivity contribution >= 4 is 11.6 Å². The molecule has 1 aliphatic rings. The number of benzene rings is 2. The third kappa shape index (κ3) is 4.19. The smallest absolute Gasteiger partial charge is 0.311 e. The van der Waals surface area contributed by atoms with Crippen LogP contribution in [0.3, 0.4) is 0 Å². The highest BCUT2D eigenvalue weighted by Gasteiger charge is 2.27. The van der Waals surface area contributed by atoms with E-state index in [2.05, 4.69) is 0 Å². The first-order valence-electron chi connectivity index (χ1n) is 8.62. The molecule has 1 fully saturated rings. The molecular weight excluding hydrogens is 374 g/mol. The first-order valence-corrected chi connectivity index (χ1v) is 8.62. The van der Waals surface area contributed by atoms with E-state index in [0.29, 0.717) is 25.9 Å². The van der Waals surface area contributed by atoms with Gasteiger partial charge >= 0.3 is 5.69 Å². The van der Waals surface area contributed by atoms with Crippen LogP contribution in [0.5, 0.6) is 11.5 Å². The Kier molecular flexibility index (Phi) is 5.72. The van der Waals surface area contributed by atoms with Crippen LogP contribution in [-0.2, 0) is 0 Å². The Labute approximate surface area is 159 Å². The lowest BCUT2D eigenvalue weighted by molar-refractivity contribution is -0.385. The van der Waals surface area contributed by atoms with E-state index in [4.69, 9.17) is 9.47 Å². The van der Waals surface area contributed by atoms with Crippen molar-refractivity contribution in [2.75, 3.05) is 20.2 Å². The molecule has 9 heteroatoms. The molecule has 1 heterocycles. The number of amides is 1. The summed E-state index contributed by atoms with van der Waals surface area (Å²) in [6, 6.07) is 7.42. The van der Waals surface area contributed by atoms with Crippen LogP contribution in [0.2, 0.25) is 0 Å². The maximum atomic E-state index is 13.3. The number of nitro benzene ring substituents is 1. The summed E-state index contributed by atoms with van der Waals surface area (Å²) < 4.78 is 36.8. The zero-order chi connectivity index (χ0) is 20.3. The van der Waals surface area contributed by atoms with Gasteiger partial charge in [-0.25, -0.2) is 8.78 Å². The van der Waals surface area contributed by atoms with E-state index < -0.39 is 16.6 Å². The van der Waals surface area contributed by atoms with Crippen molar-refractivity contribution in [2.24, 2.45) is 0 Å². The zero-order valence-corrected chi connectivity index (χ0v) is 15.1. The zero-order valence-electron chi connectivity index (χ0n) is 15.1. The first kappa shape index (κ1) is 19.5. The first-order chi connectivity index (χ1) is 13.4. The molecule has 0 aromatic heterocycles. The number of carbonyl (C=O) groups excluding carboxylic acids is 1. The average molecular weight is 392 g/mol. The van der Waals surface area contributed by atoms with E-state index in [1.54, 1.807) is 4.90 Å². The lowest BCUT2D eigenvalue weighted by atomic mass is 10.1. The second-order valence-corrected chi connectivity index (χ2v) is 6.33. The molecule has 0 atom stereocenters. The highest BCUT2D eigenvalue weighted by molar-refractivity contribution is 5.95. The highest BCUT2D eigenvalue weighted by atomic mass is 19.2. The molecule has 0 saturated carbocycles. The van der Waals surface area contributed by atoms with E-state index in [9.17, 15) is 23.7 Å². The van der Waals surface area contributed by atoms with Gasteiger partial charge in [-0.1, -0.05) is 0 Å². The summed E-state index contributed by atoms with van der Waals surface area (Å²) in [7, 11) is 1.32. The quantitative estimate of drug-likeness (QED) is 0.574. The molecule has 2 aromatic rings. The number of methoxy groups -OCH3 is 1. The lowest BCUT2D eigenvalue weighted by Crippen LogP contribution is -2.41. The minimum absolute atomic E-state index is 0.0835. The fourth-order valence-corrected chi connectivity index (χ4v) is 3.07.